The van der Waals surface area contributed by atoms with Gasteiger partial charge in [0, 0.05) is 31.8 Å². The Balaban J connectivity index is 1.38. The molecule has 168 valence electrons. The van der Waals surface area contributed by atoms with Crippen molar-refractivity contribution in [3.63, 3.8) is 0 Å². The van der Waals surface area contributed by atoms with E-state index in [0.29, 0.717) is 35.6 Å². The summed E-state index contributed by atoms with van der Waals surface area (Å²) in [6.07, 6.45) is 2.58. The molecule has 0 atom stereocenters. The summed E-state index contributed by atoms with van der Waals surface area (Å²) in [5.74, 6) is 1.42. The Morgan fingerprint density at radius 1 is 0.939 bits per heavy atom. The maximum absolute atomic E-state index is 13.3. The molecule has 0 aliphatic carbocycles. The van der Waals surface area contributed by atoms with E-state index in [1.807, 2.05) is 66.7 Å². The van der Waals surface area contributed by atoms with Crippen LogP contribution in [0, 0.1) is 0 Å². The van der Waals surface area contributed by atoms with Crippen molar-refractivity contribution < 1.29 is 13.9 Å². The highest BCUT2D eigenvalue weighted by Gasteiger charge is 2.33. The van der Waals surface area contributed by atoms with E-state index >= 15 is 0 Å². The van der Waals surface area contributed by atoms with Crippen molar-refractivity contribution in [3.8, 4) is 0 Å². The number of aliphatic imine (C=N–C) groups is 1. The van der Waals surface area contributed by atoms with Crippen LogP contribution in [0.1, 0.15) is 11.3 Å². The van der Waals surface area contributed by atoms with Crippen molar-refractivity contribution in [1.29, 1.82) is 0 Å². The number of para-hydroxylation sites is 1. The second-order valence-electron chi connectivity index (χ2n) is 7.81. The molecule has 6 nitrogen and oxygen atoms in total. The lowest BCUT2D eigenvalue weighted by Gasteiger charge is -2.26. The Hall–Kier alpha value is -3.29. The molecular weight excluding hydrogens is 434 g/mol. The second kappa shape index (κ2) is 10.1. The fraction of sp³-hybridized carbons (Fsp3) is 0.231. The lowest BCUT2D eigenvalue weighted by molar-refractivity contribution is -0.122. The Kier molecular flexibility index (Phi) is 6.60. The molecular formula is C26H25N3O3S. The average molecular weight is 460 g/mol. The number of carbonyl (C=O) groups is 1. The van der Waals surface area contributed by atoms with Gasteiger partial charge in [-0.05, 0) is 41.9 Å². The Bertz CT molecular complexity index is 1150. The van der Waals surface area contributed by atoms with Gasteiger partial charge in [0.2, 0.25) is 0 Å². The molecule has 2 saturated heterocycles. The van der Waals surface area contributed by atoms with Gasteiger partial charge in [-0.3, -0.25) is 9.69 Å². The number of benzene rings is 2. The van der Waals surface area contributed by atoms with Crippen molar-refractivity contribution in [2.75, 3.05) is 37.7 Å². The maximum Gasteiger partial charge on any atom is 0.266 e. The highest BCUT2D eigenvalue weighted by molar-refractivity contribution is 8.18. The highest BCUT2D eigenvalue weighted by Crippen LogP contribution is 2.35. The van der Waals surface area contributed by atoms with Gasteiger partial charge in [-0.2, -0.15) is 0 Å². The van der Waals surface area contributed by atoms with Crippen molar-refractivity contribution in [3.05, 3.63) is 89.0 Å². The van der Waals surface area contributed by atoms with Gasteiger partial charge in [0.1, 0.15) is 5.76 Å². The maximum atomic E-state index is 13.3. The summed E-state index contributed by atoms with van der Waals surface area (Å²) in [6.45, 7) is 3.56. The number of thioether (sulfide) groups is 1. The van der Waals surface area contributed by atoms with Gasteiger partial charge < -0.3 is 14.1 Å². The van der Waals surface area contributed by atoms with Crippen LogP contribution in [0.25, 0.3) is 6.08 Å². The summed E-state index contributed by atoms with van der Waals surface area (Å²) >= 11 is 1.39. The highest BCUT2D eigenvalue weighted by atomic mass is 32.2. The minimum atomic E-state index is -0.0464. The molecule has 5 rings (SSSR count). The van der Waals surface area contributed by atoms with Crippen LogP contribution in [0.5, 0.6) is 0 Å². The summed E-state index contributed by atoms with van der Waals surface area (Å²) in [4.78, 5) is 22.6. The first kappa shape index (κ1) is 21.6. The number of amidine groups is 1. The zero-order valence-electron chi connectivity index (χ0n) is 18.2. The molecule has 1 amide bonds. The molecule has 0 unspecified atom stereocenters. The molecule has 2 aliphatic heterocycles. The molecule has 0 radical (unpaired) electrons. The Morgan fingerprint density at radius 3 is 2.42 bits per heavy atom. The first-order chi connectivity index (χ1) is 16.3. The third-order valence-corrected chi connectivity index (χ3v) is 6.55. The first-order valence-corrected chi connectivity index (χ1v) is 11.9. The molecule has 0 N–H and O–H groups in total. The van der Waals surface area contributed by atoms with Gasteiger partial charge in [0.25, 0.3) is 5.91 Å². The van der Waals surface area contributed by atoms with Crippen LogP contribution in [0.3, 0.4) is 0 Å². The quantitative estimate of drug-likeness (QED) is 0.488. The second-order valence-corrected chi connectivity index (χ2v) is 8.82. The number of hydrogen-bond acceptors (Lipinski definition) is 6. The fourth-order valence-electron chi connectivity index (χ4n) is 3.79. The van der Waals surface area contributed by atoms with Crippen LogP contribution < -0.4 is 4.90 Å². The molecule has 2 aromatic carbocycles. The van der Waals surface area contributed by atoms with Gasteiger partial charge in [0.15, 0.2) is 11.1 Å². The van der Waals surface area contributed by atoms with Crippen molar-refractivity contribution in [2.45, 2.75) is 6.42 Å². The molecule has 0 saturated carbocycles. The van der Waals surface area contributed by atoms with Gasteiger partial charge >= 0.3 is 0 Å². The molecule has 0 spiro atoms. The Morgan fingerprint density at radius 2 is 1.67 bits per heavy atom. The summed E-state index contributed by atoms with van der Waals surface area (Å²) in [6, 6.07) is 23.8. The largest absolute Gasteiger partial charge is 0.441 e. The molecule has 1 aromatic heterocycles. The van der Waals surface area contributed by atoms with E-state index in [0.717, 1.165) is 31.1 Å². The minimum Gasteiger partial charge on any atom is -0.441 e. The van der Waals surface area contributed by atoms with E-state index < -0.39 is 0 Å². The van der Waals surface area contributed by atoms with E-state index in [2.05, 4.69) is 17.0 Å². The SMILES string of the molecule is O=C1/C(=C\c2ccc(N3CCOCC3)o2)SC(=Nc2ccccc2)N1CCc1ccccc1. The van der Waals surface area contributed by atoms with Crippen LogP contribution in [0.4, 0.5) is 11.6 Å². The molecule has 2 aliphatic rings. The number of furan rings is 1. The zero-order chi connectivity index (χ0) is 22.5. The summed E-state index contributed by atoms with van der Waals surface area (Å²) in [5, 5.41) is 0.688. The van der Waals surface area contributed by atoms with Crippen LogP contribution in [-0.4, -0.2) is 48.8 Å². The van der Waals surface area contributed by atoms with E-state index in [1.54, 1.807) is 4.90 Å². The van der Waals surface area contributed by atoms with Crippen molar-refractivity contribution >= 4 is 40.5 Å². The number of ether oxygens (including phenoxy) is 1. The summed E-state index contributed by atoms with van der Waals surface area (Å²) < 4.78 is 11.4. The fourth-order valence-corrected chi connectivity index (χ4v) is 4.79. The van der Waals surface area contributed by atoms with Gasteiger partial charge in [-0.25, -0.2) is 4.99 Å². The molecule has 7 heteroatoms. The van der Waals surface area contributed by atoms with E-state index in [-0.39, 0.29) is 5.91 Å². The van der Waals surface area contributed by atoms with Crippen LogP contribution in [0.2, 0.25) is 0 Å². The lowest BCUT2D eigenvalue weighted by Crippen LogP contribution is -2.35. The van der Waals surface area contributed by atoms with Crippen LogP contribution >= 0.6 is 11.8 Å². The zero-order valence-corrected chi connectivity index (χ0v) is 19.0. The monoisotopic (exact) mass is 459 g/mol. The summed E-state index contributed by atoms with van der Waals surface area (Å²) in [5.41, 5.74) is 2.01. The van der Waals surface area contributed by atoms with Gasteiger partial charge in [0.05, 0.1) is 23.8 Å². The first-order valence-electron chi connectivity index (χ1n) is 11.1. The normalized spacial score (nSPS) is 19.1. The van der Waals surface area contributed by atoms with E-state index in [1.165, 1.54) is 17.3 Å². The van der Waals surface area contributed by atoms with E-state index in [9.17, 15) is 4.79 Å². The van der Waals surface area contributed by atoms with Crippen LogP contribution in [0.15, 0.2) is 87.1 Å². The van der Waals surface area contributed by atoms with Crippen molar-refractivity contribution in [2.24, 2.45) is 4.99 Å². The van der Waals surface area contributed by atoms with E-state index in [4.69, 9.17) is 14.1 Å². The third kappa shape index (κ3) is 5.21. The molecule has 33 heavy (non-hydrogen) atoms. The number of hydrogen-bond donors (Lipinski definition) is 0. The number of amides is 1. The minimum absolute atomic E-state index is 0.0464. The lowest BCUT2D eigenvalue weighted by atomic mass is 10.1. The molecule has 2 fully saturated rings. The number of carbonyl (C=O) groups excluding carboxylic acids is 1. The summed E-state index contributed by atoms with van der Waals surface area (Å²) in [7, 11) is 0. The average Bonchev–Trinajstić information content (AvgIpc) is 3.44. The molecule has 3 aromatic rings. The van der Waals surface area contributed by atoms with Gasteiger partial charge in [-0.1, -0.05) is 48.5 Å². The van der Waals surface area contributed by atoms with Crippen LogP contribution in [-0.2, 0) is 16.0 Å². The number of anilines is 1. The molecule has 0 bridgehead atoms. The number of nitrogens with zero attached hydrogens (tertiary/aromatic N) is 3. The van der Waals surface area contributed by atoms with Gasteiger partial charge in [-0.15, -0.1) is 0 Å². The van der Waals surface area contributed by atoms with Crippen molar-refractivity contribution in [1.82, 2.24) is 4.90 Å². The standard InChI is InChI=1S/C26H25N3O3S/c30-25-23(19-22-11-12-24(32-22)28-15-17-31-18-16-28)33-26(27-21-9-5-2-6-10-21)29(25)14-13-20-7-3-1-4-8-20/h1-12,19H,13-18H2/b23-19+,27-26?. The number of morpholine rings is 1. The topological polar surface area (TPSA) is 58.3 Å². The molecule has 3 heterocycles. The predicted molar refractivity (Wildman–Crippen MR) is 133 cm³/mol. The predicted octanol–water partition coefficient (Wildman–Crippen LogP) is 4.96. The third-order valence-electron chi connectivity index (χ3n) is 5.54. The number of rotatable bonds is 6. The smallest absolute Gasteiger partial charge is 0.266 e. The Labute approximate surface area is 197 Å².